The second kappa shape index (κ2) is 9.57. The third kappa shape index (κ3) is 4.37. The van der Waals surface area contributed by atoms with E-state index in [1.807, 2.05) is 25.2 Å². The Morgan fingerprint density at radius 3 is 2.52 bits per heavy atom. The monoisotopic (exact) mass is 453 g/mol. The molecule has 1 aliphatic carbocycles. The second-order valence-electron chi connectivity index (χ2n) is 9.53. The molecule has 1 aromatic heterocycles. The lowest BCUT2D eigenvalue weighted by Crippen LogP contribution is -2.57. The maximum absolute atomic E-state index is 13.4. The number of amides is 1. The van der Waals surface area contributed by atoms with Gasteiger partial charge in [0, 0.05) is 25.0 Å². The number of carbonyl (C=O) groups is 2. The number of aromatic nitrogens is 2. The van der Waals surface area contributed by atoms with Crippen LogP contribution in [0.25, 0.3) is 0 Å². The van der Waals surface area contributed by atoms with Crippen molar-refractivity contribution in [1.82, 2.24) is 10.2 Å². The van der Waals surface area contributed by atoms with Gasteiger partial charge in [0.15, 0.2) is 5.60 Å². The summed E-state index contributed by atoms with van der Waals surface area (Å²) in [5, 5.41) is 19.7. The average molecular weight is 454 g/mol. The van der Waals surface area contributed by atoms with E-state index >= 15 is 0 Å². The molecule has 0 spiro atoms. The zero-order chi connectivity index (χ0) is 23.5. The summed E-state index contributed by atoms with van der Waals surface area (Å²) in [7, 11) is 1.95. The van der Waals surface area contributed by atoms with Crippen LogP contribution >= 0.6 is 0 Å². The minimum Gasteiger partial charge on any atom is -0.457 e. The number of aliphatic hydroxyl groups is 1. The van der Waals surface area contributed by atoms with Crippen molar-refractivity contribution in [3.8, 4) is 0 Å². The number of nitrogens with zero attached hydrogens (tertiary/aromatic N) is 3. The van der Waals surface area contributed by atoms with Crippen LogP contribution in [0.4, 0.5) is 0 Å². The first-order valence-electron chi connectivity index (χ1n) is 11.7. The first-order valence-corrected chi connectivity index (χ1v) is 11.7. The van der Waals surface area contributed by atoms with Gasteiger partial charge in [-0.2, -0.15) is 5.10 Å². The molecule has 176 valence electrons. The van der Waals surface area contributed by atoms with Crippen molar-refractivity contribution in [3.05, 3.63) is 59.9 Å². The number of esters is 1. The van der Waals surface area contributed by atoms with Crippen molar-refractivity contribution in [2.45, 2.75) is 56.2 Å². The molecule has 1 aromatic carbocycles. The van der Waals surface area contributed by atoms with Crippen LogP contribution < -0.4 is 5.73 Å². The third-order valence-corrected chi connectivity index (χ3v) is 7.62. The summed E-state index contributed by atoms with van der Waals surface area (Å²) in [6.45, 7) is 0.805. The average Bonchev–Trinajstić information content (AvgIpc) is 3.49. The molecule has 1 saturated heterocycles. The molecule has 2 fully saturated rings. The third-order valence-electron chi connectivity index (χ3n) is 7.62. The molecule has 8 heteroatoms. The second-order valence-corrected chi connectivity index (χ2v) is 9.53. The van der Waals surface area contributed by atoms with Gasteiger partial charge in [-0.05, 0) is 30.5 Å². The normalized spacial score (nSPS) is 25.9. The van der Waals surface area contributed by atoms with E-state index in [4.69, 9.17) is 10.5 Å². The van der Waals surface area contributed by atoms with Crippen LogP contribution in [-0.2, 0) is 19.9 Å². The number of primary amides is 1. The Morgan fingerprint density at radius 2 is 1.88 bits per heavy atom. The molecule has 33 heavy (non-hydrogen) atoms. The van der Waals surface area contributed by atoms with Crippen molar-refractivity contribution in [2.75, 3.05) is 20.2 Å². The maximum Gasteiger partial charge on any atom is 0.343 e. The Bertz CT molecular complexity index is 967. The Morgan fingerprint density at radius 1 is 1.15 bits per heavy atom. The lowest BCUT2D eigenvalue weighted by molar-refractivity contribution is -0.941. The lowest BCUT2D eigenvalue weighted by atomic mass is 9.80. The lowest BCUT2D eigenvalue weighted by Gasteiger charge is -2.41. The number of likely N-dealkylation sites (tertiary alicyclic amines) is 1. The highest BCUT2D eigenvalue weighted by molar-refractivity contribution is 5.82. The summed E-state index contributed by atoms with van der Waals surface area (Å²) in [5.41, 5.74) is 5.22. The van der Waals surface area contributed by atoms with Gasteiger partial charge in [-0.15, -0.1) is 5.10 Å². The molecule has 0 radical (unpaired) electrons. The molecule has 0 bridgehead atoms. The molecule has 1 amide bonds. The highest BCUT2D eigenvalue weighted by Gasteiger charge is 2.51. The van der Waals surface area contributed by atoms with Crippen LogP contribution in [0.5, 0.6) is 0 Å². The summed E-state index contributed by atoms with van der Waals surface area (Å²) in [6.07, 6.45) is 6.75. The minimum atomic E-state index is -1.67. The van der Waals surface area contributed by atoms with Gasteiger partial charge >= 0.3 is 5.97 Å². The number of carbonyl (C=O) groups excluding carboxylic acids is 2. The van der Waals surface area contributed by atoms with Crippen molar-refractivity contribution in [3.63, 3.8) is 0 Å². The number of hydrogen-bond acceptors (Lipinski definition) is 6. The highest BCUT2D eigenvalue weighted by atomic mass is 16.6. The zero-order valence-corrected chi connectivity index (χ0v) is 19.1. The molecule has 2 aliphatic rings. The number of hydrogen-bond donors (Lipinski definition) is 2. The molecule has 4 rings (SSSR count). The van der Waals surface area contributed by atoms with Crippen LogP contribution in [-0.4, -0.2) is 57.9 Å². The van der Waals surface area contributed by atoms with Crippen LogP contribution in [0, 0.1) is 5.92 Å². The summed E-state index contributed by atoms with van der Waals surface area (Å²) in [4.78, 5) is 25.9. The van der Waals surface area contributed by atoms with E-state index in [0.717, 1.165) is 38.5 Å². The number of rotatable bonds is 8. The van der Waals surface area contributed by atoms with Gasteiger partial charge in [0.05, 0.1) is 13.6 Å². The summed E-state index contributed by atoms with van der Waals surface area (Å²) < 4.78 is 6.13. The minimum absolute atomic E-state index is 0.0985. The first kappa shape index (κ1) is 23.3. The number of nitrogens with two attached hydrogens (primary N) is 1. The maximum atomic E-state index is 13.4. The van der Waals surface area contributed by atoms with Crippen molar-refractivity contribution < 1.29 is 23.9 Å². The molecular formula is C25H33N4O4+. The van der Waals surface area contributed by atoms with E-state index in [-0.39, 0.29) is 18.6 Å². The van der Waals surface area contributed by atoms with Gasteiger partial charge in [-0.1, -0.05) is 43.2 Å². The molecule has 1 aliphatic heterocycles. The van der Waals surface area contributed by atoms with E-state index < -0.39 is 23.5 Å². The fourth-order valence-corrected chi connectivity index (χ4v) is 5.77. The molecule has 4 atom stereocenters. The number of benzene rings is 1. The van der Waals surface area contributed by atoms with E-state index in [1.165, 1.54) is 0 Å². The SMILES string of the molecule is C[N+]1(C(C(N)=O)c2cccnn2)CCCC1COC(=O)C(O)(c1ccccc1)C1CCCC1. The van der Waals surface area contributed by atoms with Crippen molar-refractivity contribution >= 4 is 11.9 Å². The Hall–Kier alpha value is -2.84. The van der Waals surface area contributed by atoms with Crippen molar-refractivity contribution in [2.24, 2.45) is 11.7 Å². The molecule has 2 heterocycles. The number of quaternary nitrogens is 1. The topological polar surface area (TPSA) is 115 Å². The van der Waals surface area contributed by atoms with Crippen LogP contribution in [0.3, 0.4) is 0 Å². The molecule has 1 saturated carbocycles. The van der Waals surface area contributed by atoms with Gasteiger partial charge in [0.25, 0.3) is 5.91 Å². The highest BCUT2D eigenvalue weighted by Crippen LogP contribution is 2.42. The van der Waals surface area contributed by atoms with Gasteiger partial charge in [0.1, 0.15) is 18.3 Å². The Kier molecular flexibility index (Phi) is 6.76. The quantitative estimate of drug-likeness (QED) is 0.468. The fourth-order valence-electron chi connectivity index (χ4n) is 5.77. The van der Waals surface area contributed by atoms with Gasteiger partial charge < -0.3 is 20.1 Å². The van der Waals surface area contributed by atoms with Crippen LogP contribution in [0.15, 0.2) is 48.7 Å². The van der Waals surface area contributed by atoms with Gasteiger partial charge in [-0.3, -0.25) is 4.79 Å². The number of ether oxygens (including phenoxy) is 1. The van der Waals surface area contributed by atoms with Gasteiger partial charge in [0.2, 0.25) is 6.04 Å². The predicted octanol–water partition coefficient (Wildman–Crippen LogP) is 2.23. The summed E-state index contributed by atoms with van der Waals surface area (Å²) in [6, 6.07) is 11.7. The smallest absolute Gasteiger partial charge is 0.343 e. The fraction of sp³-hybridized carbons (Fsp3) is 0.520. The van der Waals surface area contributed by atoms with E-state index in [9.17, 15) is 14.7 Å². The summed E-state index contributed by atoms with van der Waals surface area (Å²) >= 11 is 0. The zero-order valence-electron chi connectivity index (χ0n) is 19.1. The molecule has 4 unspecified atom stereocenters. The van der Waals surface area contributed by atoms with E-state index in [1.54, 1.807) is 30.5 Å². The van der Waals surface area contributed by atoms with Gasteiger partial charge in [-0.25, -0.2) is 4.79 Å². The van der Waals surface area contributed by atoms with E-state index in [0.29, 0.717) is 22.3 Å². The Labute approximate surface area is 194 Å². The van der Waals surface area contributed by atoms with E-state index in [2.05, 4.69) is 10.2 Å². The summed E-state index contributed by atoms with van der Waals surface area (Å²) in [5.74, 6) is -1.27. The predicted molar refractivity (Wildman–Crippen MR) is 121 cm³/mol. The largest absolute Gasteiger partial charge is 0.457 e. The Balaban J connectivity index is 1.55. The molecule has 2 aromatic rings. The number of likely N-dealkylation sites (N-methyl/N-ethyl adjacent to an activating group) is 1. The first-order chi connectivity index (χ1) is 15.9. The standard InChI is InChI=1S/C25H32N4O4/c1-29(22(23(26)30)21-14-7-15-27-28-21)16-8-13-20(29)17-33-24(31)25(32,19-11-5-6-12-19)18-9-3-2-4-10-18/h2-4,7,9-10,14-15,19-20,22,32H,5-6,8,11-13,16-17H2,1H3,(H-,26,30)/p+1. The van der Waals surface area contributed by atoms with Crippen molar-refractivity contribution in [1.29, 1.82) is 0 Å². The van der Waals surface area contributed by atoms with Crippen LogP contribution in [0.2, 0.25) is 0 Å². The molecule has 8 nitrogen and oxygen atoms in total. The molecular weight excluding hydrogens is 420 g/mol. The van der Waals surface area contributed by atoms with Crippen LogP contribution in [0.1, 0.15) is 55.8 Å². The molecule has 3 N–H and O–H groups in total.